The third kappa shape index (κ3) is 3.78. The van der Waals surface area contributed by atoms with Crippen LogP contribution in [0.2, 0.25) is 0 Å². The lowest BCUT2D eigenvalue weighted by atomic mass is 10.4. The molecule has 0 unspecified atom stereocenters. The van der Waals surface area contributed by atoms with Gasteiger partial charge in [-0.25, -0.2) is 4.98 Å². The molecule has 0 bridgehead atoms. The van der Waals surface area contributed by atoms with Crippen molar-refractivity contribution >= 4 is 17.3 Å². The number of thiazole rings is 1. The fourth-order valence-electron chi connectivity index (χ4n) is 1.67. The van der Waals surface area contributed by atoms with Gasteiger partial charge in [-0.3, -0.25) is 4.99 Å². The van der Waals surface area contributed by atoms with E-state index in [4.69, 9.17) is 4.52 Å². The van der Waals surface area contributed by atoms with Crippen molar-refractivity contribution in [2.75, 3.05) is 14.1 Å². The first-order chi connectivity index (χ1) is 9.19. The molecule has 0 radical (unpaired) electrons. The smallest absolute Gasteiger partial charge is 0.194 e. The van der Waals surface area contributed by atoms with Crippen LogP contribution in [0.1, 0.15) is 15.6 Å². The lowest BCUT2D eigenvalue weighted by molar-refractivity contribution is 0.391. The molecule has 2 aromatic rings. The van der Waals surface area contributed by atoms with Gasteiger partial charge in [-0.15, -0.1) is 11.3 Å². The SMILES string of the molecule is CN=C(NCc1cnc(C)s1)N(C)Cc1ccon1. The molecule has 0 saturated carbocycles. The van der Waals surface area contributed by atoms with Gasteiger partial charge in [0.25, 0.3) is 0 Å². The van der Waals surface area contributed by atoms with Gasteiger partial charge in [0.1, 0.15) is 12.0 Å². The van der Waals surface area contributed by atoms with Gasteiger partial charge in [0.05, 0.1) is 18.1 Å². The maximum absolute atomic E-state index is 4.82. The van der Waals surface area contributed by atoms with E-state index in [0.29, 0.717) is 6.54 Å². The van der Waals surface area contributed by atoms with Crippen molar-refractivity contribution in [2.45, 2.75) is 20.0 Å². The largest absolute Gasteiger partial charge is 0.364 e. The molecule has 0 aromatic carbocycles. The van der Waals surface area contributed by atoms with Crippen LogP contribution in [-0.2, 0) is 13.1 Å². The summed E-state index contributed by atoms with van der Waals surface area (Å²) in [5.74, 6) is 0.814. The lowest BCUT2D eigenvalue weighted by Crippen LogP contribution is -2.37. The molecule has 0 aliphatic carbocycles. The molecule has 0 aliphatic heterocycles. The van der Waals surface area contributed by atoms with Crippen molar-refractivity contribution in [1.82, 2.24) is 20.4 Å². The molecule has 1 N–H and O–H groups in total. The van der Waals surface area contributed by atoms with E-state index >= 15 is 0 Å². The minimum Gasteiger partial charge on any atom is -0.364 e. The molecule has 0 spiro atoms. The van der Waals surface area contributed by atoms with Gasteiger partial charge >= 0.3 is 0 Å². The Kier molecular flexibility index (Phi) is 4.51. The fraction of sp³-hybridized carbons (Fsp3) is 0.417. The summed E-state index contributed by atoms with van der Waals surface area (Å²) in [5.41, 5.74) is 0.874. The first-order valence-corrected chi connectivity index (χ1v) is 6.73. The number of nitrogens with one attached hydrogen (secondary N) is 1. The lowest BCUT2D eigenvalue weighted by Gasteiger charge is -2.20. The van der Waals surface area contributed by atoms with Crippen LogP contribution >= 0.6 is 11.3 Å². The number of hydrogen-bond acceptors (Lipinski definition) is 5. The standard InChI is InChI=1S/C12H17N5OS/c1-9-14-6-11(19-9)7-15-12(13-2)17(3)8-10-4-5-18-16-10/h4-6H,7-8H2,1-3H3,(H,13,15). The Morgan fingerprint density at radius 3 is 3.00 bits per heavy atom. The van der Waals surface area contributed by atoms with Crippen LogP contribution < -0.4 is 5.32 Å². The monoisotopic (exact) mass is 279 g/mol. The van der Waals surface area contributed by atoms with Gasteiger partial charge < -0.3 is 14.7 Å². The zero-order valence-corrected chi connectivity index (χ0v) is 12.1. The first kappa shape index (κ1) is 13.5. The zero-order chi connectivity index (χ0) is 13.7. The number of guanidine groups is 1. The van der Waals surface area contributed by atoms with E-state index in [1.54, 1.807) is 24.6 Å². The molecule has 0 saturated heterocycles. The molecule has 19 heavy (non-hydrogen) atoms. The highest BCUT2D eigenvalue weighted by atomic mass is 32.1. The van der Waals surface area contributed by atoms with Gasteiger partial charge in [-0.1, -0.05) is 5.16 Å². The summed E-state index contributed by atoms with van der Waals surface area (Å²) in [5, 5.41) is 8.26. The molecule has 0 aliphatic rings. The fourth-order valence-corrected chi connectivity index (χ4v) is 2.41. The Labute approximate surface area is 116 Å². The molecule has 6 nitrogen and oxygen atoms in total. The predicted octanol–water partition coefficient (Wildman–Crippen LogP) is 1.65. The third-order valence-corrected chi connectivity index (χ3v) is 3.47. The molecule has 102 valence electrons. The Balaban J connectivity index is 1.89. The van der Waals surface area contributed by atoms with Crippen LogP contribution in [0.5, 0.6) is 0 Å². The maximum Gasteiger partial charge on any atom is 0.194 e. The molecule has 7 heteroatoms. The quantitative estimate of drug-likeness (QED) is 0.681. The van der Waals surface area contributed by atoms with Crippen molar-refractivity contribution < 1.29 is 4.52 Å². The van der Waals surface area contributed by atoms with Crippen LogP contribution in [0.4, 0.5) is 0 Å². The summed E-state index contributed by atoms with van der Waals surface area (Å²) < 4.78 is 4.82. The van der Waals surface area contributed by atoms with Crippen LogP contribution in [0.15, 0.2) is 28.0 Å². The number of rotatable bonds is 4. The van der Waals surface area contributed by atoms with Crippen LogP contribution in [0.25, 0.3) is 0 Å². The highest BCUT2D eigenvalue weighted by Crippen LogP contribution is 2.11. The average Bonchev–Trinajstić information content (AvgIpc) is 3.02. The maximum atomic E-state index is 4.82. The van der Waals surface area contributed by atoms with E-state index in [1.165, 1.54) is 4.88 Å². The van der Waals surface area contributed by atoms with Crippen molar-refractivity contribution in [2.24, 2.45) is 4.99 Å². The van der Waals surface area contributed by atoms with Gasteiger partial charge in [0, 0.05) is 31.2 Å². The van der Waals surface area contributed by atoms with E-state index in [2.05, 4.69) is 20.4 Å². The van der Waals surface area contributed by atoms with Crippen LogP contribution in [0.3, 0.4) is 0 Å². The molecule has 2 aromatic heterocycles. The molecule has 2 rings (SSSR count). The Bertz CT molecular complexity index is 534. The molecule has 0 fully saturated rings. The van der Waals surface area contributed by atoms with Crippen molar-refractivity contribution in [3.8, 4) is 0 Å². The summed E-state index contributed by atoms with van der Waals surface area (Å²) in [6.07, 6.45) is 3.46. The van der Waals surface area contributed by atoms with Gasteiger partial charge in [0.2, 0.25) is 0 Å². The average molecular weight is 279 g/mol. The summed E-state index contributed by atoms with van der Waals surface area (Å²) in [4.78, 5) is 11.7. The van der Waals surface area contributed by atoms with Crippen LogP contribution in [-0.4, -0.2) is 35.1 Å². The van der Waals surface area contributed by atoms with Gasteiger partial charge in [0.15, 0.2) is 5.96 Å². The van der Waals surface area contributed by atoms with E-state index in [9.17, 15) is 0 Å². The third-order valence-electron chi connectivity index (χ3n) is 2.55. The van der Waals surface area contributed by atoms with E-state index in [-0.39, 0.29) is 0 Å². The second-order valence-corrected chi connectivity index (χ2v) is 5.41. The first-order valence-electron chi connectivity index (χ1n) is 5.91. The number of nitrogens with zero attached hydrogens (tertiary/aromatic N) is 4. The second kappa shape index (κ2) is 6.33. The summed E-state index contributed by atoms with van der Waals surface area (Å²) >= 11 is 1.68. The predicted molar refractivity (Wildman–Crippen MR) is 75.0 cm³/mol. The Morgan fingerprint density at radius 1 is 1.58 bits per heavy atom. The Morgan fingerprint density at radius 2 is 2.42 bits per heavy atom. The second-order valence-electron chi connectivity index (χ2n) is 4.09. The van der Waals surface area contributed by atoms with Crippen molar-refractivity contribution in [1.29, 1.82) is 0 Å². The number of hydrogen-bond donors (Lipinski definition) is 1. The number of aliphatic imine (C=N–C) groups is 1. The molecular formula is C12H17N5OS. The minimum absolute atomic E-state index is 0.651. The minimum atomic E-state index is 0.651. The topological polar surface area (TPSA) is 66.6 Å². The molecule has 0 amide bonds. The number of aryl methyl sites for hydroxylation is 1. The summed E-state index contributed by atoms with van der Waals surface area (Å²) in [7, 11) is 3.72. The zero-order valence-electron chi connectivity index (χ0n) is 11.3. The van der Waals surface area contributed by atoms with Gasteiger partial charge in [-0.2, -0.15) is 0 Å². The van der Waals surface area contributed by atoms with Gasteiger partial charge in [-0.05, 0) is 6.92 Å². The summed E-state index contributed by atoms with van der Waals surface area (Å²) in [6.45, 7) is 3.37. The molecular weight excluding hydrogens is 262 g/mol. The van der Waals surface area contributed by atoms with E-state index in [0.717, 1.165) is 23.2 Å². The Hall–Kier alpha value is -1.89. The highest BCUT2D eigenvalue weighted by Gasteiger charge is 2.08. The van der Waals surface area contributed by atoms with E-state index < -0.39 is 0 Å². The van der Waals surface area contributed by atoms with Crippen LogP contribution in [0, 0.1) is 6.92 Å². The summed E-state index contributed by atoms with van der Waals surface area (Å²) in [6, 6.07) is 1.84. The van der Waals surface area contributed by atoms with Crippen molar-refractivity contribution in [3.63, 3.8) is 0 Å². The normalized spacial score (nSPS) is 11.6. The molecule has 0 atom stereocenters. The molecule has 2 heterocycles. The van der Waals surface area contributed by atoms with E-state index in [1.807, 2.05) is 31.1 Å². The highest BCUT2D eigenvalue weighted by molar-refractivity contribution is 7.11. The van der Waals surface area contributed by atoms with Crippen molar-refractivity contribution in [3.05, 3.63) is 34.1 Å². The number of aromatic nitrogens is 2.